The van der Waals surface area contributed by atoms with Gasteiger partial charge in [-0.05, 0) is 23.6 Å². The number of nitrogens with zero attached hydrogens (tertiary/aromatic N) is 3. The lowest BCUT2D eigenvalue weighted by Gasteiger charge is -2.23. The van der Waals surface area contributed by atoms with E-state index in [0.717, 1.165) is 22.4 Å². The largest absolute Gasteiger partial charge is 0.496 e. The van der Waals surface area contributed by atoms with Crippen molar-refractivity contribution in [2.75, 3.05) is 26.7 Å². The maximum absolute atomic E-state index is 13.0. The normalized spacial score (nSPS) is 16.5. The van der Waals surface area contributed by atoms with Gasteiger partial charge in [0.1, 0.15) is 5.75 Å². The lowest BCUT2D eigenvalue weighted by molar-refractivity contribution is -0.124. The van der Waals surface area contributed by atoms with Crippen LogP contribution in [-0.2, 0) is 18.3 Å². The molecule has 2 heterocycles. The molecule has 4 rings (SSSR count). The molecule has 1 atom stereocenters. The van der Waals surface area contributed by atoms with E-state index in [1.165, 1.54) is 0 Å². The van der Waals surface area contributed by atoms with E-state index in [9.17, 15) is 9.59 Å². The van der Waals surface area contributed by atoms with Crippen molar-refractivity contribution in [3.8, 4) is 16.9 Å². The van der Waals surface area contributed by atoms with Crippen LogP contribution < -0.4 is 10.1 Å². The average Bonchev–Trinajstić information content (AvgIpc) is 3.14. The van der Waals surface area contributed by atoms with Gasteiger partial charge in [-0.15, -0.1) is 0 Å². The van der Waals surface area contributed by atoms with Crippen molar-refractivity contribution in [1.29, 1.82) is 0 Å². The van der Waals surface area contributed by atoms with E-state index in [0.29, 0.717) is 31.9 Å². The van der Waals surface area contributed by atoms with Crippen molar-refractivity contribution < 1.29 is 14.3 Å². The molecule has 3 aromatic rings. The van der Waals surface area contributed by atoms with Gasteiger partial charge >= 0.3 is 0 Å². The molecule has 0 unspecified atom stereocenters. The van der Waals surface area contributed by atoms with Gasteiger partial charge in [-0.1, -0.05) is 42.5 Å². The summed E-state index contributed by atoms with van der Waals surface area (Å²) in [4.78, 5) is 31.7. The van der Waals surface area contributed by atoms with Crippen molar-refractivity contribution in [3.05, 3.63) is 72.3 Å². The number of hydrogen-bond donors (Lipinski definition) is 1. The van der Waals surface area contributed by atoms with Crippen molar-refractivity contribution in [2.24, 2.45) is 13.0 Å². The fraction of sp³-hybridized carbons (Fsp3) is 0.292. The van der Waals surface area contributed by atoms with Gasteiger partial charge in [0.25, 0.3) is 5.91 Å². The Hall–Kier alpha value is -3.61. The SMILES string of the molecule is COc1ccccc1-c1ccccc1C[C@H]1CN(C(=O)c2nccn2C)CCNC1=O. The summed E-state index contributed by atoms with van der Waals surface area (Å²) in [5.41, 5.74) is 3.05. The van der Waals surface area contributed by atoms with Crippen molar-refractivity contribution in [1.82, 2.24) is 19.8 Å². The lowest BCUT2D eigenvalue weighted by Crippen LogP contribution is -2.38. The molecule has 160 valence electrons. The highest BCUT2D eigenvalue weighted by molar-refractivity contribution is 5.91. The van der Waals surface area contributed by atoms with Gasteiger partial charge in [0.15, 0.2) is 5.82 Å². The number of benzene rings is 2. The molecule has 31 heavy (non-hydrogen) atoms. The summed E-state index contributed by atoms with van der Waals surface area (Å²) in [5, 5.41) is 2.96. The molecule has 1 aliphatic heterocycles. The molecule has 1 saturated heterocycles. The topological polar surface area (TPSA) is 76.5 Å². The summed E-state index contributed by atoms with van der Waals surface area (Å²) >= 11 is 0. The number of aryl methyl sites for hydroxylation is 1. The molecule has 2 amide bonds. The molecule has 0 bridgehead atoms. The van der Waals surface area contributed by atoms with E-state index < -0.39 is 0 Å². The second-order valence-electron chi connectivity index (χ2n) is 7.66. The first-order chi connectivity index (χ1) is 15.1. The Morgan fingerprint density at radius 2 is 1.90 bits per heavy atom. The molecule has 2 aromatic carbocycles. The zero-order valence-electron chi connectivity index (χ0n) is 17.7. The zero-order valence-corrected chi connectivity index (χ0v) is 17.7. The van der Waals surface area contributed by atoms with E-state index >= 15 is 0 Å². The van der Waals surface area contributed by atoms with Gasteiger partial charge in [-0.3, -0.25) is 9.59 Å². The lowest BCUT2D eigenvalue weighted by atomic mass is 9.91. The van der Waals surface area contributed by atoms with Crippen LogP contribution in [0.25, 0.3) is 11.1 Å². The second kappa shape index (κ2) is 9.04. The van der Waals surface area contributed by atoms with Crippen LogP contribution in [0.5, 0.6) is 5.75 Å². The maximum Gasteiger partial charge on any atom is 0.289 e. The first-order valence-electron chi connectivity index (χ1n) is 10.3. The van der Waals surface area contributed by atoms with Gasteiger partial charge in [-0.2, -0.15) is 0 Å². The second-order valence-corrected chi connectivity index (χ2v) is 7.66. The zero-order chi connectivity index (χ0) is 21.8. The molecular formula is C24H26N4O3. The molecule has 7 heteroatoms. The third-order valence-electron chi connectivity index (χ3n) is 5.67. The number of hydrogen-bond acceptors (Lipinski definition) is 4. The molecule has 0 spiro atoms. The summed E-state index contributed by atoms with van der Waals surface area (Å²) in [5.74, 6) is 0.605. The highest BCUT2D eigenvalue weighted by Gasteiger charge is 2.30. The summed E-state index contributed by atoms with van der Waals surface area (Å²) in [7, 11) is 3.45. The van der Waals surface area contributed by atoms with E-state index in [2.05, 4.69) is 10.3 Å². The molecule has 1 N–H and O–H groups in total. The molecule has 1 fully saturated rings. The molecule has 1 aromatic heterocycles. The Balaban J connectivity index is 1.62. The third-order valence-corrected chi connectivity index (χ3v) is 5.67. The molecule has 7 nitrogen and oxygen atoms in total. The minimum Gasteiger partial charge on any atom is -0.496 e. The first-order valence-corrected chi connectivity index (χ1v) is 10.3. The molecule has 0 radical (unpaired) electrons. The van der Waals surface area contributed by atoms with Crippen molar-refractivity contribution in [2.45, 2.75) is 6.42 Å². The van der Waals surface area contributed by atoms with Gasteiger partial charge in [0.2, 0.25) is 5.91 Å². The van der Waals surface area contributed by atoms with Crippen LogP contribution in [-0.4, -0.2) is 53.0 Å². The smallest absolute Gasteiger partial charge is 0.289 e. The van der Waals surface area contributed by atoms with Gasteiger partial charge in [0.05, 0.1) is 13.0 Å². The predicted molar refractivity (Wildman–Crippen MR) is 118 cm³/mol. The Bertz CT molecular complexity index is 1090. The predicted octanol–water partition coefficient (Wildman–Crippen LogP) is 2.53. The number of rotatable bonds is 5. The summed E-state index contributed by atoms with van der Waals surface area (Å²) in [6.07, 6.45) is 3.87. The van der Waals surface area contributed by atoms with Crippen LogP contribution in [0.1, 0.15) is 16.2 Å². The number of ether oxygens (including phenoxy) is 1. The van der Waals surface area contributed by atoms with E-state index in [1.807, 2.05) is 48.5 Å². The summed E-state index contributed by atoms with van der Waals surface area (Å²) in [6, 6.07) is 15.9. The van der Waals surface area contributed by atoms with Gasteiger partial charge in [-0.25, -0.2) is 4.98 Å². The standard InChI is InChI=1S/C24H26N4O3/c1-27-13-11-25-22(27)24(30)28-14-12-26-23(29)18(16-28)15-17-7-3-4-8-19(17)20-9-5-6-10-21(20)31-2/h3-11,13,18H,12,14-16H2,1-2H3,(H,26,29)/t18-/m0/s1. The van der Waals surface area contributed by atoms with Crippen LogP contribution in [0.2, 0.25) is 0 Å². The summed E-state index contributed by atoms with van der Waals surface area (Å²) in [6.45, 7) is 1.24. The number of aromatic nitrogens is 2. The van der Waals surface area contributed by atoms with E-state index in [4.69, 9.17) is 4.74 Å². The minimum absolute atomic E-state index is 0.0371. The molecule has 1 aliphatic rings. The fourth-order valence-electron chi connectivity index (χ4n) is 4.05. The van der Waals surface area contributed by atoms with E-state index in [-0.39, 0.29) is 17.7 Å². The quantitative estimate of drug-likeness (QED) is 0.691. The molecule has 0 saturated carbocycles. The van der Waals surface area contributed by atoms with Crippen LogP contribution in [0.4, 0.5) is 0 Å². The molecule has 0 aliphatic carbocycles. The van der Waals surface area contributed by atoms with Crippen LogP contribution in [0.15, 0.2) is 60.9 Å². The monoisotopic (exact) mass is 418 g/mol. The number of nitrogens with one attached hydrogen (secondary N) is 1. The van der Waals surface area contributed by atoms with Gasteiger partial charge < -0.3 is 19.5 Å². The van der Waals surface area contributed by atoms with Crippen LogP contribution in [0, 0.1) is 5.92 Å². The number of imidazole rings is 1. The Kier molecular flexibility index (Phi) is 6.02. The Labute approximate surface area is 181 Å². The first kappa shape index (κ1) is 20.7. The number of amides is 2. The van der Waals surface area contributed by atoms with Crippen molar-refractivity contribution >= 4 is 11.8 Å². The van der Waals surface area contributed by atoms with Crippen LogP contribution >= 0.6 is 0 Å². The average molecular weight is 418 g/mol. The highest BCUT2D eigenvalue weighted by atomic mass is 16.5. The van der Waals surface area contributed by atoms with Gasteiger partial charge in [0, 0.05) is 44.6 Å². The van der Waals surface area contributed by atoms with E-state index in [1.54, 1.807) is 36.0 Å². The summed E-state index contributed by atoms with van der Waals surface area (Å²) < 4.78 is 7.25. The minimum atomic E-state index is -0.359. The Morgan fingerprint density at radius 3 is 2.65 bits per heavy atom. The third kappa shape index (κ3) is 4.30. The number of carbonyl (C=O) groups is 2. The number of carbonyl (C=O) groups excluding carboxylic acids is 2. The number of methoxy groups -OCH3 is 1. The van der Waals surface area contributed by atoms with Crippen molar-refractivity contribution in [3.63, 3.8) is 0 Å². The fourth-order valence-corrected chi connectivity index (χ4v) is 4.05. The molecular weight excluding hydrogens is 392 g/mol. The Morgan fingerprint density at radius 1 is 1.16 bits per heavy atom. The van der Waals surface area contributed by atoms with Crippen LogP contribution in [0.3, 0.4) is 0 Å². The highest BCUT2D eigenvalue weighted by Crippen LogP contribution is 2.33. The maximum atomic E-state index is 13.0. The number of para-hydroxylation sites is 1.